The first-order valence-electron chi connectivity index (χ1n) is 16.4. The highest BCUT2D eigenvalue weighted by atomic mass is 19.4. The molecule has 0 saturated carbocycles. The largest absolute Gasteiger partial charge is 0.699 e. The Labute approximate surface area is 302 Å². The number of carboxylic acids is 1. The summed E-state index contributed by atoms with van der Waals surface area (Å²) < 4.78 is 76.3. The van der Waals surface area contributed by atoms with Crippen molar-refractivity contribution in [3.05, 3.63) is 173 Å². The third-order valence-corrected chi connectivity index (χ3v) is 8.58. The van der Waals surface area contributed by atoms with Gasteiger partial charge in [0.15, 0.2) is 0 Å². The average molecular weight is 730 g/mol. The number of aryl methyl sites for hydroxylation is 1. The molecule has 0 saturated heterocycles. The van der Waals surface area contributed by atoms with Crippen LogP contribution in [0.25, 0.3) is 28.0 Å². The lowest BCUT2D eigenvalue weighted by Crippen LogP contribution is -2.30. The number of aromatic nitrogens is 2. The molecular formula is C41H35F6N4O2-. The highest BCUT2D eigenvalue weighted by Gasteiger charge is 2.31. The Morgan fingerprint density at radius 3 is 1.87 bits per heavy atom. The maximum atomic E-state index is 12.4. The van der Waals surface area contributed by atoms with Gasteiger partial charge in [-0.05, 0) is 70.1 Å². The summed E-state index contributed by atoms with van der Waals surface area (Å²) in [5.41, 5.74) is 12.2. The van der Waals surface area contributed by atoms with Gasteiger partial charge in [0.1, 0.15) is 5.82 Å². The molecular weight excluding hydrogens is 694 g/mol. The van der Waals surface area contributed by atoms with Crippen LogP contribution in [0.2, 0.25) is 0 Å². The van der Waals surface area contributed by atoms with E-state index in [9.17, 15) is 31.1 Å². The molecule has 0 radical (unpaired) electrons. The fraction of sp³-hybridized carbons (Fsp3) is 0.171. The second-order valence-electron chi connectivity index (χ2n) is 12.3. The van der Waals surface area contributed by atoms with E-state index >= 15 is 0 Å². The SMILES string of the molecule is Cn1ccnc1CN1CCc2cc([NH-])ccc2C1.FC(F)(F)c1ccc(-c2ccccc2)cc1.O=C(O)c1ccccc1-c1ccc(C(F)(F)F)cc1. The summed E-state index contributed by atoms with van der Waals surface area (Å²) in [7, 11) is 2.03. The minimum absolute atomic E-state index is 0.0576. The Bertz CT molecular complexity index is 2110. The summed E-state index contributed by atoms with van der Waals surface area (Å²) >= 11 is 0. The van der Waals surface area contributed by atoms with Crippen LogP contribution < -0.4 is 0 Å². The molecule has 0 atom stereocenters. The minimum atomic E-state index is -4.40. The summed E-state index contributed by atoms with van der Waals surface area (Å²) in [5, 5.41) is 9.03. The number of aromatic carboxylic acids is 1. The smallest absolute Gasteiger partial charge is 0.416 e. The van der Waals surface area contributed by atoms with Crippen LogP contribution in [0.15, 0.2) is 134 Å². The van der Waals surface area contributed by atoms with Gasteiger partial charge in [-0.3, -0.25) is 4.90 Å². The molecule has 2 heterocycles. The van der Waals surface area contributed by atoms with E-state index in [0.29, 0.717) is 16.8 Å². The number of hydrogen-bond donors (Lipinski definition) is 1. The molecule has 5 aromatic carbocycles. The molecule has 6 aromatic rings. The zero-order valence-corrected chi connectivity index (χ0v) is 28.5. The van der Waals surface area contributed by atoms with Gasteiger partial charge in [0.25, 0.3) is 0 Å². The number of alkyl halides is 6. The molecule has 1 aliphatic heterocycles. The minimum Gasteiger partial charge on any atom is -0.699 e. The van der Waals surface area contributed by atoms with E-state index in [1.54, 1.807) is 18.2 Å². The number of imidazole rings is 1. The summed E-state index contributed by atoms with van der Waals surface area (Å²) in [4.78, 5) is 17.8. The number of fused-ring (bicyclic) bond motifs is 1. The maximum absolute atomic E-state index is 12.4. The first-order chi connectivity index (χ1) is 25.2. The number of carboxylic acid groups (broad SMARTS) is 1. The second kappa shape index (κ2) is 16.6. The fourth-order valence-electron chi connectivity index (χ4n) is 5.74. The van der Waals surface area contributed by atoms with Crippen molar-refractivity contribution < 1.29 is 36.2 Å². The van der Waals surface area contributed by atoms with Crippen molar-refractivity contribution in [3.63, 3.8) is 0 Å². The van der Waals surface area contributed by atoms with Crippen molar-refractivity contribution in [2.45, 2.75) is 31.9 Å². The van der Waals surface area contributed by atoms with E-state index in [1.165, 1.54) is 41.5 Å². The van der Waals surface area contributed by atoms with Crippen LogP contribution in [0.5, 0.6) is 0 Å². The van der Waals surface area contributed by atoms with Crippen LogP contribution in [0.1, 0.15) is 38.4 Å². The lowest BCUT2D eigenvalue weighted by Gasteiger charge is -2.29. The molecule has 1 aromatic heterocycles. The van der Waals surface area contributed by atoms with Crippen LogP contribution in [0.3, 0.4) is 0 Å². The maximum Gasteiger partial charge on any atom is 0.416 e. The molecule has 1 aliphatic rings. The fourth-order valence-corrected chi connectivity index (χ4v) is 5.74. The molecule has 0 amide bonds. The van der Waals surface area contributed by atoms with Crippen molar-refractivity contribution >= 4 is 11.7 Å². The van der Waals surface area contributed by atoms with Crippen LogP contribution in [-0.2, 0) is 38.9 Å². The molecule has 274 valence electrons. The number of carbonyl (C=O) groups is 1. The molecule has 53 heavy (non-hydrogen) atoms. The molecule has 2 N–H and O–H groups in total. The van der Waals surface area contributed by atoms with E-state index < -0.39 is 29.4 Å². The number of rotatable bonds is 5. The third kappa shape index (κ3) is 10.4. The van der Waals surface area contributed by atoms with Crippen molar-refractivity contribution in [2.24, 2.45) is 7.05 Å². The Morgan fingerprint density at radius 2 is 1.30 bits per heavy atom. The van der Waals surface area contributed by atoms with Crippen LogP contribution in [0.4, 0.5) is 32.0 Å². The molecule has 0 unspecified atom stereocenters. The Morgan fingerprint density at radius 1 is 0.736 bits per heavy atom. The van der Waals surface area contributed by atoms with E-state index in [4.69, 9.17) is 10.8 Å². The first kappa shape index (κ1) is 38.4. The van der Waals surface area contributed by atoms with Crippen LogP contribution >= 0.6 is 0 Å². The van der Waals surface area contributed by atoms with Gasteiger partial charge in [-0.1, -0.05) is 91.0 Å². The van der Waals surface area contributed by atoms with Crippen molar-refractivity contribution in [2.75, 3.05) is 6.54 Å². The number of nitrogens with zero attached hydrogens (tertiary/aromatic N) is 3. The summed E-state index contributed by atoms with van der Waals surface area (Å²) in [6.45, 7) is 2.90. The third-order valence-electron chi connectivity index (χ3n) is 8.58. The van der Waals surface area contributed by atoms with Crippen LogP contribution in [0, 0.1) is 0 Å². The number of halogens is 6. The van der Waals surface area contributed by atoms with Gasteiger partial charge in [0.2, 0.25) is 0 Å². The topological polar surface area (TPSA) is 82.2 Å². The lowest BCUT2D eigenvalue weighted by molar-refractivity contribution is -0.138. The van der Waals surface area contributed by atoms with Gasteiger partial charge < -0.3 is 15.4 Å². The average Bonchev–Trinajstić information content (AvgIpc) is 3.55. The van der Waals surface area contributed by atoms with Gasteiger partial charge in [0.05, 0.1) is 23.2 Å². The normalized spacial score (nSPS) is 12.8. The first-order valence-corrected chi connectivity index (χ1v) is 16.4. The van der Waals surface area contributed by atoms with Gasteiger partial charge in [-0.25, -0.2) is 9.78 Å². The van der Waals surface area contributed by atoms with Crippen molar-refractivity contribution in [3.8, 4) is 22.3 Å². The predicted molar refractivity (Wildman–Crippen MR) is 192 cm³/mol. The van der Waals surface area contributed by atoms with E-state index in [-0.39, 0.29) is 5.56 Å². The highest BCUT2D eigenvalue weighted by molar-refractivity contribution is 5.96. The van der Waals surface area contributed by atoms with Crippen molar-refractivity contribution in [1.82, 2.24) is 14.5 Å². The molecule has 6 nitrogen and oxygen atoms in total. The lowest BCUT2D eigenvalue weighted by atomic mass is 9.99. The zero-order valence-electron chi connectivity index (χ0n) is 28.5. The van der Waals surface area contributed by atoms with Gasteiger partial charge >= 0.3 is 18.3 Å². The number of benzene rings is 5. The van der Waals surface area contributed by atoms with Crippen molar-refractivity contribution in [1.29, 1.82) is 0 Å². The molecule has 0 spiro atoms. The van der Waals surface area contributed by atoms with E-state index in [1.807, 2.05) is 61.9 Å². The van der Waals surface area contributed by atoms with Gasteiger partial charge in [-0.15, -0.1) is 5.69 Å². The Balaban J connectivity index is 0.000000154. The van der Waals surface area contributed by atoms with Crippen LogP contribution in [-0.4, -0.2) is 32.1 Å². The summed E-state index contributed by atoms with van der Waals surface area (Å²) in [6, 6.07) is 31.0. The molecule has 0 aliphatic carbocycles. The predicted octanol–water partition coefficient (Wildman–Crippen LogP) is 11.1. The Hall–Kier alpha value is -5.88. The molecule has 0 fully saturated rings. The second-order valence-corrected chi connectivity index (χ2v) is 12.3. The number of hydrogen-bond acceptors (Lipinski definition) is 3. The molecule has 0 bridgehead atoms. The molecule has 12 heteroatoms. The number of nitrogens with one attached hydrogen (secondary N) is 1. The van der Waals surface area contributed by atoms with E-state index in [0.717, 1.165) is 67.3 Å². The standard InChI is InChI=1S/C14H9F3O2.C14H17N4.C13H9F3/c15-14(16,17)10-7-5-9(6-8-10)11-3-1-2-4-12(11)13(18)19;1-17-7-5-16-14(17)10-18-6-4-11-8-13(15)3-2-12(11)9-18;14-13(15,16)12-8-6-11(7-9-12)10-4-2-1-3-5-10/h1-8H,(H,18,19);2-3,5,7-8,15H,4,6,9-10H2,1H3;1-9H/q;-1;. The zero-order chi connectivity index (χ0) is 38.2. The highest BCUT2D eigenvalue weighted by Crippen LogP contribution is 2.33. The monoisotopic (exact) mass is 729 g/mol. The van der Waals surface area contributed by atoms with E-state index in [2.05, 4.69) is 20.5 Å². The summed E-state index contributed by atoms with van der Waals surface area (Å²) in [6.07, 6.45) is -3.80. The van der Waals surface area contributed by atoms with Gasteiger partial charge in [-0.2, -0.15) is 26.3 Å². The summed E-state index contributed by atoms with van der Waals surface area (Å²) in [5.74, 6) is -0.00828. The van der Waals surface area contributed by atoms with Gasteiger partial charge in [0, 0.05) is 32.5 Å². The molecule has 7 rings (SSSR count). The Kier molecular flexibility index (Phi) is 12.0. The quantitative estimate of drug-likeness (QED) is 0.179.